The first-order valence-corrected chi connectivity index (χ1v) is 9.41. The molecule has 0 amide bonds. The average molecular weight is 370 g/mol. The standard InChI is InChI=1S/C21H30N4O2/c1-5-26-19-10-9-17(14-20(19)27-6-2)11-13-24-21(22-4)25-15-18-16(3)8-7-12-23-18/h7-10,12,14H,5-6,11,13,15H2,1-4H3,(H2,22,24,25). The third-order valence-electron chi connectivity index (χ3n) is 4.08. The van der Waals surface area contributed by atoms with E-state index >= 15 is 0 Å². The Morgan fingerprint density at radius 1 is 1.07 bits per heavy atom. The van der Waals surface area contributed by atoms with Gasteiger partial charge in [-0.05, 0) is 56.5 Å². The van der Waals surface area contributed by atoms with E-state index in [0.29, 0.717) is 19.8 Å². The summed E-state index contributed by atoms with van der Waals surface area (Å²) >= 11 is 0. The molecule has 0 radical (unpaired) electrons. The minimum Gasteiger partial charge on any atom is -0.490 e. The van der Waals surface area contributed by atoms with Gasteiger partial charge in [-0.25, -0.2) is 0 Å². The van der Waals surface area contributed by atoms with E-state index in [1.54, 1.807) is 7.05 Å². The Hall–Kier alpha value is -2.76. The lowest BCUT2D eigenvalue weighted by Crippen LogP contribution is -2.38. The fraction of sp³-hybridized carbons (Fsp3) is 0.429. The molecule has 2 aromatic rings. The predicted octanol–water partition coefficient (Wildman–Crippen LogP) is 3.10. The average Bonchev–Trinajstić information content (AvgIpc) is 2.68. The fourth-order valence-electron chi connectivity index (χ4n) is 2.67. The van der Waals surface area contributed by atoms with Crippen molar-refractivity contribution in [1.29, 1.82) is 0 Å². The van der Waals surface area contributed by atoms with Gasteiger partial charge in [0.05, 0.1) is 25.5 Å². The van der Waals surface area contributed by atoms with Crippen LogP contribution in [0.25, 0.3) is 0 Å². The van der Waals surface area contributed by atoms with Crippen molar-refractivity contribution in [3.8, 4) is 11.5 Å². The van der Waals surface area contributed by atoms with Crippen LogP contribution in [0.2, 0.25) is 0 Å². The van der Waals surface area contributed by atoms with Gasteiger partial charge >= 0.3 is 0 Å². The largest absolute Gasteiger partial charge is 0.490 e. The maximum absolute atomic E-state index is 5.69. The molecular formula is C21H30N4O2. The number of hydrogen-bond acceptors (Lipinski definition) is 4. The van der Waals surface area contributed by atoms with Gasteiger partial charge in [-0.1, -0.05) is 12.1 Å². The number of benzene rings is 1. The second-order valence-electron chi connectivity index (χ2n) is 6.02. The topological polar surface area (TPSA) is 67.8 Å². The minimum atomic E-state index is 0.616. The molecule has 0 bridgehead atoms. The third-order valence-corrected chi connectivity index (χ3v) is 4.08. The van der Waals surface area contributed by atoms with Crippen molar-refractivity contribution in [3.05, 3.63) is 53.3 Å². The Balaban J connectivity index is 1.86. The molecule has 0 unspecified atom stereocenters. The first-order valence-electron chi connectivity index (χ1n) is 9.41. The smallest absolute Gasteiger partial charge is 0.191 e. The normalized spacial score (nSPS) is 11.2. The zero-order valence-corrected chi connectivity index (χ0v) is 16.7. The molecule has 1 aromatic heterocycles. The van der Waals surface area contributed by atoms with Gasteiger partial charge in [0, 0.05) is 19.8 Å². The highest BCUT2D eigenvalue weighted by molar-refractivity contribution is 5.79. The molecule has 6 nitrogen and oxygen atoms in total. The number of aliphatic imine (C=N–C) groups is 1. The number of nitrogens with zero attached hydrogens (tertiary/aromatic N) is 2. The van der Waals surface area contributed by atoms with E-state index in [4.69, 9.17) is 9.47 Å². The van der Waals surface area contributed by atoms with Crippen molar-refractivity contribution in [2.24, 2.45) is 4.99 Å². The second kappa shape index (κ2) is 11.1. The van der Waals surface area contributed by atoms with Crippen molar-refractivity contribution >= 4 is 5.96 Å². The second-order valence-corrected chi connectivity index (χ2v) is 6.02. The van der Waals surface area contributed by atoms with Gasteiger partial charge in [-0.2, -0.15) is 0 Å². The Morgan fingerprint density at radius 3 is 2.56 bits per heavy atom. The van der Waals surface area contributed by atoms with Gasteiger partial charge < -0.3 is 20.1 Å². The van der Waals surface area contributed by atoms with Crippen LogP contribution < -0.4 is 20.1 Å². The third kappa shape index (κ3) is 6.47. The van der Waals surface area contributed by atoms with E-state index < -0.39 is 0 Å². The molecule has 0 fully saturated rings. The van der Waals surface area contributed by atoms with Crippen LogP contribution in [0.1, 0.15) is 30.7 Å². The van der Waals surface area contributed by atoms with Crippen molar-refractivity contribution in [2.75, 3.05) is 26.8 Å². The highest BCUT2D eigenvalue weighted by Crippen LogP contribution is 2.28. The number of pyridine rings is 1. The van der Waals surface area contributed by atoms with Gasteiger partial charge in [-0.15, -0.1) is 0 Å². The minimum absolute atomic E-state index is 0.616. The molecule has 0 aliphatic carbocycles. The summed E-state index contributed by atoms with van der Waals surface area (Å²) < 4.78 is 11.3. The summed E-state index contributed by atoms with van der Waals surface area (Å²) in [5.41, 5.74) is 3.37. The van der Waals surface area contributed by atoms with E-state index in [1.165, 1.54) is 11.1 Å². The van der Waals surface area contributed by atoms with Crippen LogP contribution in [0.15, 0.2) is 41.5 Å². The van der Waals surface area contributed by atoms with E-state index in [1.807, 2.05) is 38.2 Å². The van der Waals surface area contributed by atoms with E-state index in [0.717, 1.165) is 36.1 Å². The predicted molar refractivity (Wildman–Crippen MR) is 110 cm³/mol. The van der Waals surface area contributed by atoms with E-state index in [-0.39, 0.29) is 0 Å². The number of guanidine groups is 1. The van der Waals surface area contributed by atoms with Gasteiger partial charge in [-0.3, -0.25) is 9.98 Å². The van der Waals surface area contributed by atoms with Crippen LogP contribution in [0.5, 0.6) is 11.5 Å². The molecular weight excluding hydrogens is 340 g/mol. The quantitative estimate of drug-likeness (QED) is 0.524. The Labute approximate surface area is 162 Å². The summed E-state index contributed by atoms with van der Waals surface area (Å²) in [6.07, 6.45) is 2.66. The van der Waals surface area contributed by atoms with Crippen LogP contribution in [0, 0.1) is 6.92 Å². The van der Waals surface area contributed by atoms with Crippen LogP contribution >= 0.6 is 0 Å². The molecule has 0 atom stereocenters. The number of aromatic nitrogens is 1. The SMILES string of the molecule is CCOc1ccc(CCNC(=NC)NCc2ncccc2C)cc1OCC. The lowest BCUT2D eigenvalue weighted by molar-refractivity contribution is 0.287. The molecule has 0 aliphatic heterocycles. The molecule has 1 aromatic carbocycles. The number of rotatable bonds is 9. The summed E-state index contributed by atoms with van der Waals surface area (Å²) in [4.78, 5) is 8.66. The first kappa shape index (κ1) is 20.6. The van der Waals surface area contributed by atoms with Crippen molar-refractivity contribution in [3.63, 3.8) is 0 Å². The Bertz CT molecular complexity index is 747. The molecule has 27 heavy (non-hydrogen) atoms. The van der Waals surface area contributed by atoms with Gasteiger partial charge in [0.15, 0.2) is 17.5 Å². The Kier molecular flexibility index (Phi) is 8.42. The first-order chi connectivity index (χ1) is 13.2. The van der Waals surface area contributed by atoms with E-state index in [9.17, 15) is 0 Å². The molecule has 0 spiro atoms. The Morgan fingerprint density at radius 2 is 1.85 bits per heavy atom. The molecule has 6 heteroatoms. The number of nitrogens with one attached hydrogen (secondary N) is 2. The summed E-state index contributed by atoms with van der Waals surface area (Å²) in [5, 5.41) is 6.64. The molecule has 0 aliphatic rings. The van der Waals surface area contributed by atoms with Crippen LogP contribution in [-0.2, 0) is 13.0 Å². The van der Waals surface area contributed by atoms with Crippen LogP contribution in [-0.4, -0.2) is 37.7 Å². The van der Waals surface area contributed by atoms with Gasteiger partial charge in [0.1, 0.15) is 0 Å². The highest BCUT2D eigenvalue weighted by atomic mass is 16.5. The lowest BCUT2D eigenvalue weighted by atomic mass is 10.1. The molecule has 1 heterocycles. The van der Waals surface area contributed by atoms with Gasteiger partial charge in [0.2, 0.25) is 0 Å². The molecule has 2 N–H and O–H groups in total. The number of aryl methyl sites for hydroxylation is 1. The number of ether oxygens (including phenoxy) is 2. The highest BCUT2D eigenvalue weighted by Gasteiger charge is 2.07. The maximum atomic E-state index is 5.69. The van der Waals surface area contributed by atoms with Crippen LogP contribution in [0.3, 0.4) is 0 Å². The molecule has 2 rings (SSSR count). The van der Waals surface area contributed by atoms with Crippen LogP contribution in [0.4, 0.5) is 0 Å². The van der Waals surface area contributed by atoms with Gasteiger partial charge in [0.25, 0.3) is 0 Å². The van der Waals surface area contributed by atoms with Crippen molar-refractivity contribution < 1.29 is 9.47 Å². The maximum Gasteiger partial charge on any atom is 0.191 e. The molecule has 146 valence electrons. The molecule has 0 saturated carbocycles. The zero-order valence-electron chi connectivity index (χ0n) is 16.7. The molecule has 0 saturated heterocycles. The lowest BCUT2D eigenvalue weighted by Gasteiger charge is -2.14. The zero-order chi connectivity index (χ0) is 19.5. The summed E-state index contributed by atoms with van der Waals surface area (Å²) in [6.45, 7) is 8.65. The summed E-state index contributed by atoms with van der Waals surface area (Å²) in [5.74, 6) is 2.35. The van der Waals surface area contributed by atoms with Crippen molar-refractivity contribution in [1.82, 2.24) is 15.6 Å². The van der Waals surface area contributed by atoms with E-state index in [2.05, 4.69) is 39.7 Å². The number of hydrogen-bond donors (Lipinski definition) is 2. The summed E-state index contributed by atoms with van der Waals surface area (Å²) in [6, 6.07) is 10.1. The monoisotopic (exact) mass is 370 g/mol. The van der Waals surface area contributed by atoms with Crippen molar-refractivity contribution in [2.45, 2.75) is 33.7 Å². The fourth-order valence-corrected chi connectivity index (χ4v) is 2.67. The summed E-state index contributed by atoms with van der Waals surface area (Å²) in [7, 11) is 1.77.